The number of nitrogens with one attached hydrogen (secondary N) is 1. The van der Waals surface area contributed by atoms with Crippen LogP contribution in [0.5, 0.6) is 0 Å². The van der Waals surface area contributed by atoms with Gasteiger partial charge in [0.15, 0.2) is 0 Å². The summed E-state index contributed by atoms with van der Waals surface area (Å²) in [6.45, 7) is 8.73. The summed E-state index contributed by atoms with van der Waals surface area (Å²) in [5.41, 5.74) is 0. The van der Waals surface area contributed by atoms with E-state index >= 15 is 0 Å². The maximum absolute atomic E-state index is 11.9. The number of carbonyl (C=O) groups excluding carboxylic acids is 1. The summed E-state index contributed by atoms with van der Waals surface area (Å²) in [5.74, 6) is 0.265. The molecule has 1 N–H and O–H groups in total. The van der Waals surface area contributed by atoms with Gasteiger partial charge in [-0.1, -0.05) is 6.92 Å². The molecule has 1 aliphatic rings. The van der Waals surface area contributed by atoms with Crippen LogP contribution in [-0.2, 0) is 4.79 Å². The minimum absolute atomic E-state index is 0.265. The van der Waals surface area contributed by atoms with Crippen molar-refractivity contribution in [2.45, 2.75) is 45.6 Å². The van der Waals surface area contributed by atoms with Gasteiger partial charge in [0.25, 0.3) is 0 Å². The van der Waals surface area contributed by atoms with E-state index in [1.807, 2.05) is 4.90 Å². The number of nitrogens with zero attached hydrogens (tertiary/aromatic N) is 2. The fourth-order valence-corrected chi connectivity index (χ4v) is 2.24. The van der Waals surface area contributed by atoms with E-state index in [-0.39, 0.29) is 5.91 Å². The van der Waals surface area contributed by atoms with Crippen molar-refractivity contribution >= 4 is 5.91 Å². The van der Waals surface area contributed by atoms with Crippen molar-refractivity contribution in [1.82, 2.24) is 15.1 Å². The molecular weight excluding hydrogens is 226 g/mol. The van der Waals surface area contributed by atoms with E-state index < -0.39 is 0 Å². The molecule has 1 unspecified atom stereocenters. The summed E-state index contributed by atoms with van der Waals surface area (Å²) in [4.78, 5) is 16.2. The lowest BCUT2D eigenvalue weighted by atomic mass is 10.1. The highest BCUT2D eigenvalue weighted by molar-refractivity contribution is 5.78. The van der Waals surface area contributed by atoms with Crippen LogP contribution in [0, 0.1) is 0 Å². The second kappa shape index (κ2) is 8.48. The Bertz CT molecular complexity index is 239. The zero-order chi connectivity index (χ0) is 13.4. The van der Waals surface area contributed by atoms with Gasteiger partial charge in [-0.05, 0) is 39.7 Å². The van der Waals surface area contributed by atoms with Crippen LogP contribution in [0.2, 0.25) is 0 Å². The van der Waals surface area contributed by atoms with Crippen LogP contribution in [0.1, 0.15) is 39.5 Å². The highest BCUT2D eigenvalue weighted by Gasteiger charge is 2.15. The minimum Gasteiger partial charge on any atom is -0.342 e. The van der Waals surface area contributed by atoms with E-state index in [0.29, 0.717) is 12.6 Å². The second-order valence-corrected chi connectivity index (χ2v) is 5.36. The predicted octanol–water partition coefficient (Wildman–Crippen LogP) is 1.32. The molecule has 0 aromatic rings. The molecule has 1 heterocycles. The third-order valence-electron chi connectivity index (χ3n) is 3.97. The lowest BCUT2D eigenvalue weighted by Crippen LogP contribution is -2.43. The predicted molar refractivity (Wildman–Crippen MR) is 75.7 cm³/mol. The molecule has 1 amide bonds. The standard InChI is InChI=1S/C14H29N3O/c1-4-13(2)16(3)11-8-15-12-14(18)17-9-6-5-7-10-17/h13,15H,4-12H2,1-3H3. The van der Waals surface area contributed by atoms with Gasteiger partial charge in [0.2, 0.25) is 5.91 Å². The molecule has 0 aromatic heterocycles. The number of amides is 1. The van der Waals surface area contributed by atoms with E-state index in [2.05, 4.69) is 31.1 Å². The highest BCUT2D eigenvalue weighted by Crippen LogP contribution is 2.08. The van der Waals surface area contributed by atoms with Crippen molar-refractivity contribution < 1.29 is 4.79 Å². The number of likely N-dealkylation sites (N-methyl/N-ethyl adjacent to an activating group) is 1. The lowest BCUT2D eigenvalue weighted by molar-refractivity contribution is -0.131. The van der Waals surface area contributed by atoms with Gasteiger partial charge in [-0.3, -0.25) is 4.79 Å². The Kier molecular flexibility index (Phi) is 7.28. The average molecular weight is 255 g/mol. The number of carbonyl (C=O) groups is 1. The lowest BCUT2D eigenvalue weighted by Gasteiger charge is -2.27. The average Bonchev–Trinajstić information content (AvgIpc) is 2.43. The first-order chi connectivity index (χ1) is 8.65. The molecule has 4 heteroatoms. The largest absolute Gasteiger partial charge is 0.342 e. The van der Waals surface area contributed by atoms with E-state index in [4.69, 9.17) is 0 Å². The summed E-state index contributed by atoms with van der Waals surface area (Å²) < 4.78 is 0. The molecule has 0 radical (unpaired) electrons. The van der Waals surface area contributed by atoms with Gasteiger partial charge in [-0.25, -0.2) is 0 Å². The van der Waals surface area contributed by atoms with Gasteiger partial charge in [0, 0.05) is 32.2 Å². The zero-order valence-corrected chi connectivity index (χ0v) is 12.2. The van der Waals surface area contributed by atoms with Gasteiger partial charge < -0.3 is 15.1 Å². The zero-order valence-electron chi connectivity index (χ0n) is 12.2. The quantitative estimate of drug-likeness (QED) is 0.697. The van der Waals surface area contributed by atoms with Crippen LogP contribution < -0.4 is 5.32 Å². The van der Waals surface area contributed by atoms with Crippen molar-refractivity contribution in [1.29, 1.82) is 0 Å². The molecule has 0 aliphatic carbocycles. The molecule has 106 valence electrons. The molecule has 0 saturated carbocycles. The molecule has 0 bridgehead atoms. The van der Waals surface area contributed by atoms with E-state index in [1.54, 1.807) is 0 Å². The Morgan fingerprint density at radius 3 is 2.61 bits per heavy atom. The van der Waals surface area contributed by atoms with Gasteiger partial charge in [0.1, 0.15) is 0 Å². The van der Waals surface area contributed by atoms with Crippen LogP contribution >= 0.6 is 0 Å². The second-order valence-electron chi connectivity index (χ2n) is 5.36. The first-order valence-corrected chi connectivity index (χ1v) is 7.34. The Labute approximate surface area is 112 Å². The van der Waals surface area contributed by atoms with Crippen LogP contribution in [-0.4, -0.2) is 61.5 Å². The number of likely N-dealkylation sites (tertiary alicyclic amines) is 1. The fraction of sp³-hybridized carbons (Fsp3) is 0.929. The summed E-state index contributed by atoms with van der Waals surface area (Å²) in [6, 6.07) is 0.615. The van der Waals surface area contributed by atoms with Crippen LogP contribution in [0.4, 0.5) is 0 Å². The topological polar surface area (TPSA) is 35.6 Å². The molecule has 1 aliphatic heterocycles. The molecule has 0 aromatic carbocycles. The molecule has 18 heavy (non-hydrogen) atoms. The Morgan fingerprint density at radius 2 is 2.00 bits per heavy atom. The molecule has 1 atom stereocenters. The molecule has 4 nitrogen and oxygen atoms in total. The SMILES string of the molecule is CCC(C)N(C)CCNCC(=O)N1CCCCC1. The Morgan fingerprint density at radius 1 is 1.33 bits per heavy atom. The first kappa shape index (κ1) is 15.4. The maximum Gasteiger partial charge on any atom is 0.236 e. The normalized spacial score (nSPS) is 18.1. The minimum atomic E-state index is 0.265. The van der Waals surface area contributed by atoms with Crippen LogP contribution in [0.25, 0.3) is 0 Å². The van der Waals surface area contributed by atoms with E-state index in [0.717, 1.165) is 26.2 Å². The number of piperidine rings is 1. The van der Waals surface area contributed by atoms with Crippen molar-refractivity contribution in [2.75, 3.05) is 39.8 Å². The number of hydrogen-bond donors (Lipinski definition) is 1. The van der Waals surface area contributed by atoms with E-state index in [1.165, 1.54) is 25.7 Å². The fourth-order valence-electron chi connectivity index (χ4n) is 2.24. The van der Waals surface area contributed by atoms with Crippen LogP contribution in [0.15, 0.2) is 0 Å². The monoisotopic (exact) mass is 255 g/mol. The summed E-state index contributed by atoms with van der Waals surface area (Å²) in [6.07, 6.45) is 4.78. The van der Waals surface area contributed by atoms with Crippen molar-refractivity contribution in [3.63, 3.8) is 0 Å². The molecule has 1 saturated heterocycles. The first-order valence-electron chi connectivity index (χ1n) is 7.34. The van der Waals surface area contributed by atoms with Gasteiger partial charge >= 0.3 is 0 Å². The number of rotatable bonds is 7. The van der Waals surface area contributed by atoms with Crippen molar-refractivity contribution in [3.05, 3.63) is 0 Å². The summed E-state index contributed by atoms with van der Waals surface area (Å²) >= 11 is 0. The van der Waals surface area contributed by atoms with Crippen LogP contribution in [0.3, 0.4) is 0 Å². The Balaban J connectivity index is 2.08. The molecule has 1 rings (SSSR count). The summed E-state index contributed by atoms with van der Waals surface area (Å²) in [7, 11) is 2.14. The van der Waals surface area contributed by atoms with Gasteiger partial charge in [-0.2, -0.15) is 0 Å². The Hall–Kier alpha value is -0.610. The van der Waals surface area contributed by atoms with E-state index in [9.17, 15) is 4.79 Å². The smallest absolute Gasteiger partial charge is 0.236 e. The number of hydrogen-bond acceptors (Lipinski definition) is 3. The van der Waals surface area contributed by atoms with Gasteiger partial charge in [-0.15, -0.1) is 0 Å². The molecular formula is C14H29N3O. The molecule has 0 spiro atoms. The third-order valence-corrected chi connectivity index (χ3v) is 3.97. The molecule has 1 fully saturated rings. The summed E-state index contributed by atoms with van der Waals surface area (Å²) in [5, 5.41) is 3.26. The van der Waals surface area contributed by atoms with Crippen molar-refractivity contribution in [3.8, 4) is 0 Å². The highest BCUT2D eigenvalue weighted by atomic mass is 16.2. The third kappa shape index (κ3) is 5.36. The van der Waals surface area contributed by atoms with Gasteiger partial charge in [0.05, 0.1) is 6.54 Å². The maximum atomic E-state index is 11.9. The van der Waals surface area contributed by atoms with Crippen molar-refractivity contribution in [2.24, 2.45) is 0 Å².